The van der Waals surface area contributed by atoms with Gasteiger partial charge in [0.25, 0.3) is 5.69 Å². The molecule has 0 radical (unpaired) electrons. The summed E-state index contributed by atoms with van der Waals surface area (Å²) in [7, 11) is 0. The highest BCUT2D eigenvalue weighted by molar-refractivity contribution is 7.17. The van der Waals surface area contributed by atoms with E-state index in [-0.39, 0.29) is 16.3 Å². The molecule has 0 amide bonds. The smallest absolute Gasteiger partial charge is 0.348 e. The summed E-state index contributed by atoms with van der Waals surface area (Å²) in [5.74, 6) is -1.08. The first-order valence-electron chi connectivity index (χ1n) is 4.86. The van der Waals surface area contributed by atoms with Gasteiger partial charge in [0.1, 0.15) is 4.88 Å². The van der Waals surface area contributed by atoms with Crippen molar-refractivity contribution in [3.63, 3.8) is 0 Å². The zero-order valence-corrected chi connectivity index (χ0v) is 9.81. The molecule has 18 heavy (non-hydrogen) atoms. The highest BCUT2D eigenvalue weighted by Crippen LogP contribution is 2.33. The minimum Gasteiger partial charge on any atom is -0.477 e. The van der Waals surface area contributed by atoms with Crippen molar-refractivity contribution in [1.82, 2.24) is 0 Å². The molecule has 0 fully saturated rings. The van der Waals surface area contributed by atoms with Crippen LogP contribution in [0.3, 0.4) is 0 Å². The van der Waals surface area contributed by atoms with Crippen molar-refractivity contribution >= 4 is 28.7 Å². The molecule has 1 aromatic carbocycles. The SMILES string of the molecule is Nc1cc(-c2ccc([N+](=O)[O-])cc2)sc1C(=O)O. The van der Waals surface area contributed by atoms with E-state index < -0.39 is 10.9 Å². The van der Waals surface area contributed by atoms with Crippen molar-refractivity contribution in [3.05, 3.63) is 45.3 Å². The Kier molecular flexibility index (Phi) is 2.99. The average molecular weight is 264 g/mol. The van der Waals surface area contributed by atoms with Crippen molar-refractivity contribution in [2.24, 2.45) is 0 Å². The Morgan fingerprint density at radius 3 is 2.39 bits per heavy atom. The van der Waals surface area contributed by atoms with Crippen LogP contribution in [0, 0.1) is 10.1 Å². The van der Waals surface area contributed by atoms with Gasteiger partial charge in [-0.25, -0.2) is 4.79 Å². The van der Waals surface area contributed by atoms with Crippen LogP contribution >= 0.6 is 11.3 Å². The highest BCUT2D eigenvalue weighted by atomic mass is 32.1. The van der Waals surface area contributed by atoms with E-state index in [9.17, 15) is 14.9 Å². The number of nitro groups is 1. The number of carbonyl (C=O) groups is 1. The van der Waals surface area contributed by atoms with Crippen molar-refractivity contribution < 1.29 is 14.8 Å². The number of non-ortho nitro benzene ring substituents is 1. The predicted molar refractivity (Wildman–Crippen MR) is 67.8 cm³/mol. The van der Waals surface area contributed by atoms with Gasteiger partial charge in [0, 0.05) is 17.0 Å². The third-order valence-electron chi connectivity index (χ3n) is 2.32. The third-order valence-corrected chi connectivity index (χ3v) is 3.51. The minimum atomic E-state index is -1.08. The van der Waals surface area contributed by atoms with E-state index in [1.807, 2.05) is 0 Å². The molecule has 3 N–H and O–H groups in total. The van der Waals surface area contributed by atoms with Crippen LogP contribution in [0.4, 0.5) is 11.4 Å². The van der Waals surface area contributed by atoms with E-state index in [1.165, 1.54) is 12.1 Å². The number of nitrogens with zero attached hydrogens (tertiary/aromatic N) is 1. The Labute approximate surface area is 105 Å². The number of benzene rings is 1. The summed E-state index contributed by atoms with van der Waals surface area (Å²) in [6, 6.07) is 7.41. The first-order valence-corrected chi connectivity index (χ1v) is 5.68. The van der Waals surface area contributed by atoms with E-state index in [0.717, 1.165) is 11.3 Å². The van der Waals surface area contributed by atoms with Gasteiger partial charge in [0.2, 0.25) is 0 Å². The fourth-order valence-electron chi connectivity index (χ4n) is 1.46. The molecular formula is C11H8N2O4S. The lowest BCUT2D eigenvalue weighted by molar-refractivity contribution is -0.384. The topological polar surface area (TPSA) is 106 Å². The Morgan fingerprint density at radius 1 is 1.33 bits per heavy atom. The molecule has 7 heteroatoms. The van der Waals surface area contributed by atoms with Crippen molar-refractivity contribution in [3.8, 4) is 10.4 Å². The number of hydrogen-bond donors (Lipinski definition) is 2. The van der Waals surface area contributed by atoms with Crippen molar-refractivity contribution in [2.45, 2.75) is 0 Å². The first-order chi connectivity index (χ1) is 8.49. The molecule has 0 aliphatic carbocycles. The number of nitrogen functional groups attached to an aromatic ring is 1. The van der Waals surface area contributed by atoms with Crippen LogP contribution in [0.2, 0.25) is 0 Å². The molecule has 0 saturated carbocycles. The van der Waals surface area contributed by atoms with E-state index in [2.05, 4.69) is 0 Å². The molecule has 0 aliphatic rings. The molecule has 2 aromatic rings. The molecule has 0 bridgehead atoms. The predicted octanol–water partition coefficient (Wildman–Crippen LogP) is 2.60. The molecule has 0 saturated heterocycles. The van der Waals surface area contributed by atoms with Crippen LogP contribution in [0.5, 0.6) is 0 Å². The fourth-order valence-corrected chi connectivity index (χ4v) is 2.39. The summed E-state index contributed by atoms with van der Waals surface area (Å²) in [4.78, 5) is 21.6. The number of aromatic carboxylic acids is 1. The fraction of sp³-hybridized carbons (Fsp3) is 0. The van der Waals surface area contributed by atoms with Gasteiger partial charge in [-0.15, -0.1) is 11.3 Å². The molecule has 0 unspecified atom stereocenters. The Balaban J connectivity index is 2.40. The first kappa shape index (κ1) is 12.1. The van der Waals surface area contributed by atoms with Crippen LogP contribution in [-0.2, 0) is 0 Å². The maximum absolute atomic E-state index is 10.9. The van der Waals surface area contributed by atoms with Gasteiger partial charge in [-0.1, -0.05) is 0 Å². The summed E-state index contributed by atoms with van der Waals surface area (Å²) in [5, 5.41) is 19.4. The summed E-state index contributed by atoms with van der Waals surface area (Å²) < 4.78 is 0. The molecule has 2 rings (SSSR count). The van der Waals surface area contributed by atoms with Gasteiger partial charge in [0.05, 0.1) is 10.6 Å². The van der Waals surface area contributed by atoms with Crippen LogP contribution < -0.4 is 5.73 Å². The Hall–Kier alpha value is -2.41. The molecular weight excluding hydrogens is 256 g/mol. The van der Waals surface area contributed by atoms with Crippen LogP contribution in [0.1, 0.15) is 9.67 Å². The zero-order chi connectivity index (χ0) is 13.3. The Morgan fingerprint density at radius 2 is 1.94 bits per heavy atom. The van der Waals surface area contributed by atoms with E-state index in [0.29, 0.717) is 10.4 Å². The standard InChI is InChI=1S/C11H8N2O4S/c12-8-5-9(18-10(8)11(14)15)6-1-3-7(4-2-6)13(16)17/h1-5H,12H2,(H,14,15). The number of carboxylic acid groups (broad SMARTS) is 1. The summed E-state index contributed by atoms with van der Waals surface area (Å²) in [5.41, 5.74) is 6.46. The van der Waals surface area contributed by atoms with E-state index in [1.54, 1.807) is 18.2 Å². The maximum Gasteiger partial charge on any atom is 0.348 e. The number of hydrogen-bond acceptors (Lipinski definition) is 5. The average Bonchev–Trinajstić information content (AvgIpc) is 2.71. The Bertz CT molecular complexity index is 618. The molecule has 0 atom stereocenters. The molecule has 6 nitrogen and oxygen atoms in total. The van der Waals surface area contributed by atoms with E-state index >= 15 is 0 Å². The molecule has 1 aromatic heterocycles. The van der Waals surface area contributed by atoms with Crippen molar-refractivity contribution in [2.75, 3.05) is 5.73 Å². The number of rotatable bonds is 3. The number of anilines is 1. The number of carboxylic acids is 1. The lowest BCUT2D eigenvalue weighted by Gasteiger charge is -1.96. The van der Waals surface area contributed by atoms with Gasteiger partial charge in [-0.3, -0.25) is 10.1 Å². The molecule has 1 heterocycles. The quantitative estimate of drug-likeness (QED) is 0.654. The van der Waals surface area contributed by atoms with Gasteiger partial charge in [0.15, 0.2) is 0 Å². The lowest BCUT2D eigenvalue weighted by Crippen LogP contribution is -1.96. The van der Waals surface area contributed by atoms with Gasteiger partial charge in [-0.2, -0.15) is 0 Å². The molecule has 0 aliphatic heterocycles. The van der Waals surface area contributed by atoms with Gasteiger partial charge < -0.3 is 10.8 Å². The summed E-state index contributed by atoms with van der Waals surface area (Å²) in [6.45, 7) is 0. The highest BCUT2D eigenvalue weighted by Gasteiger charge is 2.14. The summed E-state index contributed by atoms with van der Waals surface area (Å²) in [6.07, 6.45) is 0. The van der Waals surface area contributed by atoms with Crippen LogP contribution in [-0.4, -0.2) is 16.0 Å². The van der Waals surface area contributed by atoms with Crippen LogP contribution in [0.25, 0.3) is 10.4 Å². The van der Waals surface area contributed by atoms with Crippen molar-refractivity contribution in [1.29, 1.82) is 0 Å². The second-order valence-electron chi connectivity index (χ2n) is 3.50. The maximum atomic E-state index is 10.9. The largest absolute Gasteiger partial charge is 0.477 e. The number of nitrogens with two attached hydrogens (primary N) is 1. The lowest BCUT2D eigenvalue weighted by atomic mass is 10.1. The summed E-state index contributed by atoms with van der Waals surface area (Å²) >= 11 is 1.04. The normalized spacial score (nSPS) is 10.2. The second kappa shape index (κ2) is 4.46. The van der Waals surface area contributed by atoms with Gasteiger partial charge in [-0.05, 0) is 23.8 Å². The monoisotopic (exact) mass is 264 g/mol. The zero-order valence-electron chi connectivity index (χ0n) is 8.99. The second-order valence-corrected chi connectivity index (χ2v) is 4.56. The number of thiophene rings is 1. The van der Waals surface area contributed by atoms with E-state index in [4.69, 9.17) is 10.8 Å². The minimum absolute atomic E-state index is 0.0123. The van der Waals surface area contributed by atoms with Gasteiger partial charge >= 0.3 is 5.97 Å². The number of nitro benzene ring substituents is 1. The molecule has 92 valence electrons. The van der Waals surface area contributed by atoms with Crippen LogP contribution in [0.15, 0.2) is 30.3 Å². The molecule has 0 spiro atoms. The third kappa shape index (κ3) is 2.16.